The van der Waals surface area contributed by atoms with Crippen LogP contribution in [0.15, 0.2) is 11.6 Å². The average Bonchev–Trinajstić information content (AvgIpc) is 2.35. The number of hydrogen-bond acceptors (Lipinski definition) is 2. The third-order valence-corrected chi connectivity index (χ3v) is 3.91. The fourth-order valence-corrected chi connectivity index (χ4v) is 1.89. The Bertz CT molecular complexity index is 275. The van der Waals surface area contributed by atoms with Gasteiger partial charge >= 0.3 is 7.12 Å². The molecular weight excluding hydrogens is 211 g/mol. The molecule has 1 aliphatic heterocycles. The summed E-state index contributed by atoms with van der Waals surface area (Å²) in [5.41, 5.74) is 0.969. The van der Waals surface area contributed by atoms with Crippen molar-refractivity contribution in [3.63, 3.8) is 0 Å². The number of hydrogen-bond donors (Lipinski definition) is 0. The predicted octanol–water partition coefficient (Wildman–Crippen LogP) is 4.22. The molecule has 2 nitrogen and oxygen atoms in total. The van der Waals surface area contributed by atoms with Gasteiger partial charge in [-0.05, 0) is 60.2 Å². The standard InChI is InChI=1S/C14H27BO2/c1-11(2)9-8-10-12(3)15-16-13(4,5)14(6,7)17-15/h9,12H,8,10H2,1-7H3. The van der Waals surface area contributed by atoms with Crippen LogP contribution in [0.2, 0.25) is 5.82 Å². The minimum Gasteiger partial charge on any atom is -0.403 e. The summed E-state index contributed by atoms with van der Waals surface area (Å²) < 4.78 is 12.1. The molecule has 0 N–H and O–H groups in total. The Kier molecular flexibility index (Phi) is 4.48. The zero-order chi connectivity index (χ0) is 13.3. The first-order chi connectivity index (χ1) is 7.66. The van der Waals surface area contributed by atoms with Gasteiger partial charge in [-0.15, -0.1) is 0 Å². The zero-order valence-corrected chi connectivity index (χ0v) is 12.5. The lowest BCUT2D eigenvalue weighted by Gasteiger charge is -2.32. The Hall–Kier alpha value is -0.275. The Morgan fingerprint density at radius 1 is 1.12 bits per heavy atom. The first kappa shape index (κ1) is 14.8. The van der Waals surface area contributed by atoms with E-state index in [1.807, 2.05) is 0 Å². The van der Waals surface area contributed by atoms with Crippen LogP contribution in [0.1, 0.15) is 61.3 Å². The largest absolute Gasteiger partial charge is 0.460 e. The molecule has 0 aromatic carbocycles. The lowest BCUT2D eigenvalue weighted by Crippen LogP contribution is -2.41. The van der Waals surface area contributed by atoms with E-state index < -0.39 is 0 Å². The highest BCUT2D eigenvalue weighted by Crippen LogP contribution is 2.40. The molecule has 1 heterocycles. The molecule has 1 saturated heterocycles. The maximum absolute atomic E-state index is 6.04. The molecule has 0 aromatic heterocycles. The van der Waals surface area contributed by atoms with Crippen LogP contribution in [-0.4, -0.2) is 18.3 Å². The Morgan fingerprint density at radius 2 is 1.59 bits per heavy atom. The fraction of sp³-hybridized carbons (Fsp3) is 0.857. The highest BCUT2D eigenvalue weighted by atomic mass is 16.7. The Morgan fingerprint density at radius 3 is 2.00 bits per heavy atom. The predicted molar refractivity (Wildman–Crippen MR) is 74.2 cm³/mol. The molecule has 0 bridgehead atoms. The highest BCUT2D eigenvalue weighted by molar-refractivity contribution is 6.47. The fourth-order valence-electron chi connectivity index (χ4n) is 1.89. The van der Waals surface area contributed by atoms with E-state index in [1.165, 1.54) is 5.57 Å². The molecule has 0 aromatic rings. The molecule has 1 rings (SSSR count). The molecule has 1 unspecified atom stereocenters. The van der Waals surface area contributed by atoms with Crippen LogP contribution in [0, 0.1) is 0 Å². The second-order valence-corrected chi connectivity index (χ2v) is 6.46. The molecular formula is C14H27BO2. The van der Waals surface area contributed by atoms with Crippen molar-refractivity contribution in [2.24, 2.45) is 0 Å². The maximum atomic E-state index is 6.04. The second-order valence-electron chi connectivity index (χ2n) is 6.46. The molecule has 3 heteroatoms. The topological polar surface area (TPSA) is 18.5 Å². The summed E-state index contributed by atoms with van der Waals surface area (Å²) in [7, 11) is -0.0643. The molecule has 1 atom stereocenters. The van der Waals surface area contributed by atoms with Crippen molar-refractivity contribution in [1.82, 2.24) is 0 Å². The molecule has 98 valence electrons. The van der Waals surface area contributed by atoms with E-state index in [-0.39, 0.29) is 18.3 Å². The first-order valence-electron chi connectivity index (χ1n) is 6.65. The molecule has 1 fully saturated rings. The van der Waals surface area contributed by atoms with E-state index in [9.17, 15) is 0 Å². The van der Waals surface area contributed by atoms with E-state index in [0.29, 0.717) is 5.82 Å². The maximum Gasteiger partial charge on any atom is 0.460 e. The van der Waals surface area contributed by atoms with Crippen molar-refractivity contribution in [3.8, 4) is 0 Å². The van der Waals surface area contributed by atoms with Crippen LogP contribution in [0.3, 0.4) is 0 Å². The lowest BCUT2D eigenvalue weighted by molar-refractivity contribution is 0.00578. The zero-order valence-electron chi connectivity index (χ0n) is 12.5. The summed E-state index contributed by atoms with van der Waals surface area (Å²) in [6, 6.07) is 0. The minimum absolute atomic E-state index is 0.0643. The summed E-state index contributed by atoms with van der Waals surface area (Å²) in [5.74, 6) is 0.437. The molecule has 0 aliphatic carbocycles. The van der Waals surface area contributed by atoms with Gasteiger partial charge in [0.1, 0.15) is 0 Å². The van der Waals surface area contributed by atoms with Crippen molar-refractivity contribution in [2.75, 3.05) is 0 Å². The minimum atomic E-state index is -0.206. The Labute approximate surface area is 107 Å². The van der Waals surface area contributed by atoms with Gasteiger partial charge in [-0.3, -0.25) is 0 Å². The van der Waals surface area contributed by atoms with E-state index >= 15 is 0 Å². The van der Waals surface area contributed by atoms with E-state index in [4.69, 9.17) is 9.31 Å². The van der Waals surface area contributed by atoms with Gasteiger partial charge in [-0.2, -0.15) is 0 Å². The summed E-state index contributed by atoms with van der Waals surface area (Å²) in [4.78, 5) is 0. The monoisotopic (exact) mass is 238 g/mol. The Balaban J connectivity index is 2.51. The second kappa shape index (κ2) is 5.15. The first-order valence-corrected chi connectivity index (χ1v) is 6.65. The van der Waals surface area contributed by atoms with Crippen molar-refractivity contribution in [3.05, 3.63) is 11.6 Å². The molecule has 0 spiro atoms. The van der Waals surface area contributed by atoms with Crippen LogP contribution >= 0.6 is 0 Å². The van der Waals surface area contributed by atoms with E-state index in [2.05, 4.69) is 54.5 Å². The van der Waals surface area contributed by atoms with Crippen LogP contribution in [0.25, 0.3) is 0 Å². The smallest absolute Gasteiger partial charge is 0.403 e. The summed E-state index contributed by atoms with van der Waals surface area (Å²) in [6.45, 7) is 14.9. The molecule has 17 heavy (non-hydrogen) atoms. The van der Waals surface area contributed by atoms with E-state index in [1.54, 1.807) is 0 Å². The van der Waals surface area contributed by atoms with Crippen molar-refractivity contribution >= 4 is 7.12 Å². The lowest BCUT2D eigenvalue weighted by atomic mass is 9.71. The molecule has 0 radical (unpaired) electrons. The van der Waals surface area contributed by atoms with Crippen molar-refractivity contribution < 1.29 is 9.31 Å². The number of rotatable bonds is 4. The van der Waals surface area contributed by atoms with E-state index in [0.717, 1.165) is 12.8 Å². The SMILES string of the molecule is CC(C)=CCCC(C)B1OC(C)(C)C(C)(C)O1. The highest BCUT2D eigenvalue weighted by Gasteiger charge is 2.52. The van der Waals surface area contributed by atoms with Gasteiger partial charge in [0.15, 0.2) is 0 Å². The van der Waals surface area contributed by atoms with Gasteiger partial charge in [0.25, 0.3) is 0 Å². The van der Waals surface area contributed by atoms with Gasteiger partial charge in [0, 0.05) is 0 Å². The van der Waals surface area contributed by atoms with Crippen LogP contribution in [-0.2, 0) is 9.31 Å². The normalized spacial score (nSPS) is 23.6. The van der Waals surface area contributed by atoms with Crippen LogP contribution in [0.5, 0.6) is 0 Å². The number of allylic oxidation sites excluding steroid dienone is 2. The molecule has 0 saturated carbocycles. The average molecular weight is 238 g/mol. The van der Waals surface area contributed by atoms with Gasteiger partial charge in [-0.25, -0.2) is 0 Å². The van der Waals surface area contributed by atoms with Gasteiger partial charge in [-0.1, -0.05) is 18.6 Å². The molecule has 0 amide bonds. The quantitative estimate of drug-likeness (QED) is 0.539. The summed E-state index contributed by atoms with van der Waals surface area (Å²) in [5, 5.41) is 0. The summed E-state index contributed by atoms with van der Waals surface area (Å²) in [6.07, 6.45) is 4.50. The van der Waals surface area contributed by atoms with Crippen LogP contribution < -0.4 is 0 Å². The third kappa shape index (κ3) is 3.59. The van der Waals surface area contributed by atoms with Crippen molar-refractivity contribution in [2.45, 2.75) is 78.3 Å². The van der Waals surface area contributed by atoms with Crippen molar-refractivity contribution in [1.29, 1.82) is 0 Å². The van der Waals surface area contributed by atoms with Gasteiger partial charge in [0.2, 0.25) is 0 Å². The van der Waals surface area contributed by atoms with Gasteiger partial charge in [0.05, 0.1) is 11.2 Å². The third-order valence-electron chi connectivity index (χ3n) is 3.91. The van der Waals surface area contributed by atoms with Gasteiger partial charge < -0.3 is 9.31 Å². The van der Waals surface area contributed by atoms with Crippen LogP contribution in [0.4, 0.5) is 0 Å². The molecule has 1 aliphatic rings. The summed E-state index contributed by atoms with van der Waals surface area (Å²) >= 11 is 0.